The first-order chi connectivity index (χ1) is 7.18. The van der Waals surface area contributed by atoms with E-state index in [4.69, 9.17) is 0 Å². The number of rotatable bonds is 6. The van der Waals surface area contributed by atoms with Crippen molar-refractivity contribution in [1.82, 2.24) is 0 Å². The van der Waals surface area contributed by atoms with Crippen LogP contribution in [0.25, 0.3) is 0 Å². The summed E-state index contributed by atoms with van der Waals surface area (Å²) in [5.74, 6) is 0.310. The lowest BCUT2D eigenvalue weighted by Crippen LogP contribution is -1.91. The summed E-state index contributed by atoms with van der Waals surface area (Å²) in [6, 6.07) is 8.70. The number of unbranched alkanes of at least 4 members (excludes halogenated alkanes) is 2. The highest BCUT2D eigenvalue weighted by Gasteiger charge is 1.95. The zero-order valence-electron chi connectivity index (χ0n) is 9.75. The minimum Gasteiger partial charge on any atom is -0.300 e. The predicted octanol–water partition coefficient (Wildman–Crippen LogP) is 3.69. The minimum atomic E-state index is 0.310. The summed E-state index contributed by atoms with van der Waals surface area (Å²) in [6.45, 7) is 3.77. The van der Waals surface area contributed by atoms with E-state index >= 15 is 0 Å². The van der Waals surface area contributed by atoms with Crippen LogP contribution in [0.3, 0.4) is 0 Å². The van der Waals surface area contributed by atoms with Gasteiger partial charge in [-0.2, -0.15) is 0 Å². The van der Waals surface area contributed by atoms with Gasteiger partial charge in [-0.05, 0) is 38.7 Å². The second kappa shape index (κ2) is 6.39. The maximum Gasteiger partial charge on any atom is 0.129 e. The van der Waals surface area contributed by atoms with Gasteiger partial charge in [0.25, 0.3) is 0 Å². The molecule has 1 aromatic rings. The number of Topliss-reactive ketones (excluding diaryl/α,β-unsaturated/α-hetero) is 1. The van der Waals surface area contributed by atoms with Gasteiger partial charge in [-0.3, -0.25) is 0 Å². The fourth-order valence-corrected chi connectivity index (χ4v) is 1.63. The first kappa shape index (κ1) is 12.0. The van der Waals surface area contributed by atoms with Crippen LogP contribution in [-0.4, -0.2) is 5.78 Å². The zero-order chi connectivity index (χ0) is 11.1. The molecule has 0 amide bonds. The van der Waals surface area contributed by atoms with Crippen molar-refractivity contribution in [2.75, 3.05) is 0 Å². The van der Waals surface area contributed by atoms with Crippen molar-refractivity contribution in [1.29, 1.82) is 0 Å². The molecule has 0 aromatic heterocycles. The Bertz CT molecular complexity index is 298. The quantitative estimate of drug-likeness (QED) is 0.646. The smallest absolute Gasteiger partial charge is 0.129 e. The molecule has 1 heteroatoms. The molecule has 0 atom stereocenters. The summed E-state index contributed by atoms with van der Waals surface area (Å²) in [4.78, 5) is 10.7. The summed E-state index contributed by atoms with van der Waals surface area (Å²) < 4.78 is 0. The molecule has 0 saturated carbocycles. The van der Waals surface area contributed by atoms with E-state index in [2.05, 4.69) is 31.2 Å². The maximum atomic E-state index is 10.7. The van der Waals surface area contributed by atoms with Gasteiger partial charge in [-0.1, -0.05) is 36.2 Å². The molecule has 0 radical (unpaired) electrons. The fraction of sp³-hybridized carbons (Fsp3) is 0.500. The van der Waals surface area contributed by atoms with Crippen molar-refractivity contribution in [2.45, 2.75) is 46.0 Å². The van der Waals surface area contributed by atoms with E-state index in [-0.39, 0.29) is 0 Å². The van der Waals surface area contributed by atoms with Crippen molar-refractivity contribution < 1.29 is 4.79 Å². The topological polar surface area (TPSA) is 17.1 Å². The van der Waals surface area contributed by atoms with Gasteiger partial charge in [0.2, 0.25) is 0 Å². The van der Waals surface area contributed by atoms with Crippen molar-refractivity contribution in [2.24, 2.45) is 0 Å². The zero-order valence-corrected chi connectivity index (χ0v) is 9.75. The normalized spacial score (nSPS) is 10.3. The van der Waals surface area contributed by atoms with Crippen LogP contribution in [-0.2, 0) is 11.2 Å². The summed E-state index contributed by atoms with van der Waals surface area (Å²) in [5.41, 5.74) is 2.72. The highest BCUT2D eigenvalue weighted by molar-refractivity contribution is 5.75. The maximum absolute atomic E-state index is 10.7. The number of carbonyl (C=O) groups excluding carboxylic acids is 1. The molecule has 0 aliphatic heterocycles. The molecule has 1 nitrogen and oxygen atoms in total. The van der Waals surface area contributed by atoms with Crippen LogP contribution in [0.5, 0.6) is 0 Å². The van der Waals surface area contributed by atoms with Gasteiger partial charge in [0.15, 0.2) is 0 Å². The van der Waals surface area contributed by atoms with Crippen LogP contribution in [0.1, 0.15) is 43.7 Å². The minimum absolute atomic E-state index is 0.310. The largest absolute Gasteiger partial charge is 0.300 e. The van der Waals surface area contributed by atoms with Gasteiger partial charge >= 0.3 is 0 Å². The molecular weight excluding hydrogens is 184 g/mol. The van der Waals surface area contributed by atoms with E-state index in [1.165, 1.54) is 17.5 Å². The lowest BCUT2D eigenvalue weighted by atomic mass is 10.0. The van der Waals surface area contributed by atoms with Gasteiger partial charge in [-0.15, -0.1) is 0 Å². The number of aryl methyl sites for hydroxylation is 2. The Labute approximate surface area is 92.5 Å². The molecule has 1 aromatic carbocycles. The number of carbonyl (C=O) groups is 1. The number of ketones is 1. The van der Waals surface area contributed by atoms with E-state index in [9.17, 15) is 4.79 Å². The van der Waals surface area contributed by atoms with Gasteiger partial charge in [0, 0.05) is 6.42 Å². The molecule has 0 saturated heterocycles. The van der Waals surface area contributed by atoms with Gasteiger partial charge in [0.1, 0.15) is 5.78 Å². The highest BCUT2D eigenvalue weighted by Crippen LogP contribution is 2.09. The highest BCUT2D eigenvalue weighted by atomic mass is 16.1. The van der Waals surface area contributed by atoms with Crippen molar-refractivity contribution in [3.05, 3.63) is 35.4 Å². The first-order valence-electron chi connectivity index (χ1n) is 5.73. The number of hydrogen-bond donors (Lipinski definition) is 0. The summed E-state index contributed by atoms with van der Waals surface area (Å²) in [6.07, 6.45) is 5.27. The monoisotopic (exact) mass is 204 g/mol. The molecule has 0 unspecified atom stereocenters. The standard InChI is InChI=1S/C14H20O/c1-12-8-10-14(11-9-12)7-5-3-4-6-13(2)15/h8-11H,3-7H2,1-2H3. The Morgan fingerprint density at radius 2 is 1.73 bits per heavy atom. The molecule has 0 spiro atoms. The van der Waals surface area contributed by atoms with Crippen LogP contribution >= 0.6 is 0 Å². The first-order valence-corrected chi connectivity index (χ1v) is 5.73. The molecule has 15 heavy (non-hydrogen) atoms. The third kappa shape index (κ3) is 5.36. The molecule has 0 bridgehead atoms. The second-order valence-electron chi connectivity index (χ2n) is 4.25. The van der Waals surface area contributed by atoms with E-state index in [0.29, 0.717) is 5.78 Å². The third-order valence-corrected chi connectivity index (χ3v) is 2.61. The molecule has 0 fully saturated rings. The van der Waals surface area contributed by atoms with Crippen LogP contribution in [0.15, 0.2) is 24.3 Å². The lowest BCUT2D eigenvalue weighted by molar-refractivity contribution is -0.117. The van der Waals surface area contributed by atoms with Crippen molar-refractivity contribution in [3.8, 4) is 0 Å². The van der Waals surface area contributed by atoms with E-state index in [1.807, 2.05) is 0 Å². The second-order valence-corrected chi connectivity index (χ2v) is 4.25. The average Bonchev–Trinajstić information content (AvgIpc) is 2.20. The SMILES string of the molecule is CC(=O)CCCCCc1ccc(C)cc1. The lowest BCUT2D eigenvalue weighted by Gasteiger charge is -2.01. The molecule has 0 aliphatic carbocycles. The van der Waals surface area contributed by atoms with Crippen LogP contribution in [0, 0.1) is 6.92 Å². The van der Waals surface area contributed by atoms with Gasteiger partial charge in [0.05, 0.1) is 0 Å². The molecule has 82 valence electrons. The summed E-state index contributed by atoms with van der Waals surface area (Å²) in [7, 11) is 0. The van der Waals surface area contributed by atoms with Crippen LogP contribution < -0.4 is 0 Å². The van der Waals surface area contributed by atoms with Gasteiger partial charge in [-0.25, -0.2) is 0 Å². The average molecular weight is 204 g/mol. The Balaban J connectivity index is 2.15. The van der Waals surface area contributed by atoms with Crippen molar-refractivity contribution in [3.63, 3.8) is 0 Å². The molecule has 0 aliphatic rings. The van der Waals surface area contributed by atoms with E-state index < -0.39 is 0 Å². The Hall–Kier alpha value is -1.11. The van der Waals surface area contributed by atoms with Gasteiger partial charge < -0.3 is 4.79 Å². The van der Waals surface area contributed by atoms with E-state index in [0.717, 1.165) is 25.7 Å². The predicted molar refractivity (Wildman–Crippen MR) is 64.0 cm³/mol. The van der Waals surface area contributed by atoms with Crippen LogP contribution in [0.4, 0.5) is 0 Å². The summed E-state index contributed by atoms with van der Waals surface area (Å²) >= 11 is 0. The summed E-state index contributed by atoms with van der Waals surface area (Å²) in [5, 5.41) is 0. The van der Waals surface area contributed by atoms with Crippen molar-refractivity contribution >= 4 is 5.78 Å². The number of benzene rings is 1. The Kier molecular flexibility index (Phi) is 5.09. The van der Waals surface area contributed by atoms with Crippen LogP contribution in [0.2, 0.25) is 0 Å². The Morgan fingerprint density at radius 1 is 1.07 bits per heavy atom. The molecule has 1 rings (SSSR count). The Morgan fingerprint density at radius 3 is 2.33 bits per heavy atom. The third-order valence-electron chi connectivity index (χ3n) is 2.61. The number of hydrogen-bond acceptors (Lipinski definition) is 1. The molecular formula is C14H20O. The molecule has 0 heterocycles. The fourth-order valence-electron chi connectivity index (χ4n) is 1.63. The molecule has 0 N–H and O–H groups in total. The van der Waals surface area contributed by atoms with E-state index in [1.54, 1.807) is 6.92 Å².